The topological polar surface area (TPSA) is 112 Å². The van der Waals surface area contributed by atoms with E-state index in [0.717, 1.165) is 5.69 Å². The lowest BCUT2D eigenvalue weighted by atomic mass is 10.0. The molecule has 0 fully saturated rings. The van der Waals surface area contributed by atoms with Gasteiger partial charge in [0, 0.05) is 12.5 Å². The first-order valence-corrected chi connectivity index (χ1v) is 7.46. The third kappa shape index (κ3) is 2.96. The van der Waals surface area contributed by atoms with Gasteiger partial charge in [-0.05, 0) is 12.3 Å². The Morgan fingerprint density at radius 3 is 3.00 bits per heavy atom. The van der Waals surface area contributed by atoms with E-state index < -0.39 is 17.9 Å². The zero-order valence-electron chi connectivity index (χ0n) is 12.9. The first-order chi connectivity index (χ1) is 11.0. The molecule has 0 saturated carbocycles. The van der Waals surface area contributed by atoms with Crippen LogP contribution in [0.4, 0.5) is 0 Å². The third-order valence-electron chi connectivity index (χ3n) is 3.83. The summed E-state index contributed by atoms with van der Waals surface area (Å²) in [6.07, 6.45) is 2.38. The van der Waals surface area contributed by atoms with E-state index in [1.54, 1.807) is 6.07 Å². The Bertz CT molecular complexity index is 733. The van der Waals surface area contributed by atoms with E-state index in [-0.39, 0.29) is 18.7 Å². The molecule has 8 heteroatoms. The molecule has 0 bridgehead atoms. The average molecular weight is 318 g/mol. The Kier molecular flexibility index (Phi) is 3.89. The first kappa shape index (κ1) is 15.3. The summed E-state index contributed by atoms with van der Waals surface area (Å²) in [4.78, 5) is 32.5. The van der Waals surface area contributed by atoms with E-state index in [4.69, 9.17) is 4.52 Å². The maximum atomic E-state index is 12.6. The first-order valence-electron chi connectivity index (χ1n) is 7.46. The van der Waals surface area contributed by atoms with Crippen molar-refractivity contribution in [2.75, 3.05) is 0 Å². The lowest BCUT2D eigenvalue weighted by molar-refractivity contribution is -0.142. The number of carboxylic acids is 1. The van der Waals surface area contributed by atoms with Gasteiger partial charge in [-0.25, -0.2) is 9.78 Å². The van der Waals surface area contributed by atoms with E-state index in [9.17, 15) is 14.7 Å². The lowest BCUT2D eigenvalue weighted by Crippen LogP contribution is -2.48. The van der Waals surface area contributed by atoms with Crippen molar-refractivity contribution in [2.45, 2.75) is 39.3 Å². The molecular weight excluding hydrogens is 300 g/mol. The highest BCUT2D eigenvalue weighted by atomic mass is 16.5. The molecule has 23 heavy (non-hydrogen) atoms. The second-order valence-corrected chi connectivity index (χ2v) is 6.10. The predicted molar refractivity (Wildman–Crippen MR) is 78.6 cm³/mol. The molecule has 0 saturated heterocycles. The van der Waals surface area contributed by atoms with E-state index >= 15 is 0 Å². The van der Waals surface area contributed by atoms with Crippen LogP contribution < -0.4 is 0 Å². The maximum Gasteiger partial charge on any atom is 0.326 e. The molecule has 0 aliphatic carbocycles. The molecule has 3 heterocycles. The number of nitrogens with zero attached hydrogens (tertiary/aromatic N) is 3. The minimum absolute atomic E-state index is 0.0647. The number of carbonyl (C=O) groups excluding carboxylic acids is 1. The number of fused-ring (bicyclic) bond motifs is 1. The van der Waals surface area contributed by atoms with Crippen LogP contribution in [0.15, 0.2) is 16.9 Å². The van der Waals surface area contributed by atoms with Crippen LogP contribution in [0.3, 0.4) is 0 Å². The van der Waals surface area contributed by atoms with Crippen LogP contribution in [-0.2, 0) is 24.2 Å². The number of carboxylic acid groups (broad SMARTS) is 1. The van der Waals surface area contributed by atoms with Crippen LogP contribution in [0, 0.1) is 5.92 Å². The van der Waals surface area contributed by atoms with E-state index in [1.807, 2.05) is 13.8 Å². The van der Waals surface area contributed by atoms with Gasteiger partial charge < -0.3 is 19.5 Å². The fraction of sp³-hybridized carbons (Fsp3) is 0.467. The summed E-state index contributed by atoms with van der Waals surface area (Å²) in [5, 5.41) is 13.3. The standard InChI is InChI=1S/C15H18N4O4/c1-8(2)3-9-4-13(23-18-9)14(20)19-6-11-10(16-7-17-11)5-12(19)15(21)22/h4,7-8,12H,3,5-6H2,1-2H3,(H,16,17)(H,21,22)/t12-/m1/s1. The molecule has 2 aromatic rings. The molecule has 122 valence electrons. The van der Waals surface area contributed by atoms with Gasteiger partial charge in [0.25, 0.3) is 5.91 Å². The average Bonchev–Trinajstić information content (AvgIpc) is 3.12. The normalized spacial score (nSPS) is 17.3. The van der Waals surface area contributed by atoms with E-state index in [0.29, 0.717) is 23.7 Å². The van der Waals surface area contributed by atoms with Crippen LogP contribution in [-0.4, -0.2) is 43.0 Å². The highest BCUT2D eigenvalue weighted by Crippen LogP contribution is 2.23. The molecule has 1 aliphatic heterocycles. The zero-order chi connectivity index (χ0) is 16.6. The van der Waals surface area contributed by atoms with Crippen molar-refractivity contribution in [1.29, 1.82) is 0 Å². The quantitative estimate of drug-likeness (QED) is 0.877. The number of amides is 1. The Labute approximate surface area is 132 Å². The fourth-order valence-corrected chi connectivity index (χ4v) is 2.74. The summed E-state index contributed by atoms with van der Waals surface area (Å²) < 4.78 is 5.12. The largest absolute Gasteiger partial charge is 0.480 e. The summed E-state index contributed by atoms with van der Waals surface area (Å²) in [5.41, 5.74) is 2.12. The van der Waals surface area contributed by atoms with Gasteiger partial charge >= 0.3 is 5.97 Å². The zero-order valence-corrected chi connectivity index (χ0v) is 12.9. The number of aromatic amines is 1. The molecule has 2 N–H and O–H groups in total. The lowest BCUT2D eigenvalue weighted by Gasteiger charge is -2.31. The van der Waals surface area contributed by atoms with Gasteiger partial charge in [0.1, 0.15) is 6.04 Å². The van der Waals surface area contributed by atoms with Gasteiger partial charge in [-0.15, -0.1) is 0 Å². The van der Waals surface area contributed by atoms with Gasteiger partial charge in [0.2, 0.25) is 5.76 Å². The summed E-state index contributed by atoms with van der Waals surface area (Å²) >= 11 is 0. The smallest absolute Gasteiger partial charge is 0.326 e. The number of hydrogen-bond donors (Lipinski definition) is 2. The number of imidazole rings is 1. The SMILES string of the molecule is CC(C)Cc1cc(C(=O)N2Cc3[nH]cnc3C[C@@H]2C(=O)O)on1. The number of carbonyl (C=O) groups is 2. The molecular formula is C15H18N4O4. The molecule has 0 radical (unpaired) electrons. The van der Waals surface area contributed by atoms with Gasteiger partial charge in [-0.2, -0.15) is 0 Å². The number of nitrogens with one attached hydrogen (secondary N) is 1. The summed E-state index contributed by atoms with van der Waals surface area (Å²) in [6, 6.07) is 0.626. The van der Waals surface area contributed by atoms with Crippen molar-refractivity contribution in [1.82, 2.24) is 20.0 Å². The van der Waals surface area contributed by atoms with Crippen molar-refractivity contribution < 1.29 is 19.2 Å². The molecule has 1 atom stereocenters. The van der Waals surface area contributed by atoms with Crippen molar-refractivity contribution in [3.8, 4) is 0 Å². The van der Waals surface area contributed by atoms with Crippen LogP contribution >= 0.6 is 0 Å². The minimum Gasteiger partial charge on any atom is -0.480 e. The molecule has 1 aliphatic rings. The van der Waals surface area contributed by atoms with Crippen LogP contribution in [0.25, 0.3) is 0 Å². The van der Waals surface area contributed by atoms with Gasteiger partial charge in [-0.3, -0.25) is 4.79 Å². The molecule has 8 nitrogen and oxygen atoms in total. The maximum absolute atomic E-state index is 12.6. The molecule has 0 spiro atoms. The van der Waals surface area contributed by atoms with Crippen molar-refractivity contribution in [3.63, 3.8) is 0 Å². The second-order valence-electron chi connectivity index (χ2n) is 6.10. The summed E-state index contributed by atoms with van der Waals surface area (Å²) in [7, 11) is 0. The molecule has 2 aromatic heterocycles. The number of aromatic nitrogens is 3. The van der Waals surface area contributed by atoms with Crippen LogP contribution in [0.5, 0.6) is 0 Å². The van der Waals surface area contributed by atoms with Crippen LogP contribution in [0.2, 0.25) is 0 Å². The van der Waals surface area contributed by atoms with Gasteiger partial charge in [0.05, 0.1) is 30.0 Å². The number of H-pyrrole nitrogens is 1. The Balaban J connectivity index is 1.85. The number of hydrogen-bond acceptors (Lipinski definition) is 5. The Morgan fingerprint density at radius 1 is 1.52 bits per heavy atom. The van der Waals surface area contributed by atoms with Crippen molar-refractivity contribution in [3.05, 3.63) is 35.2 Å². The summed E-state index contributed by atoms with van der Waals surface area (Å²) in [6.45, 7) is 4.24. The predicted octanol–water partition coefficient (Wildman–Crippen LogP) is 1.25. The molecule has 1 amide bonds. The van der Waals surface area contributed by atoms with Crippen molar-refractivity contribution in [2.24, 2.45) is 5.92 Å². The summed E-state index contributed by atoms with van der Waals surface area (Å²) in [5.74, 6) is -1.08. The Morgan fingerprint density at radius 2 is 2.30 bits per heavy atom. The highest BCUT2D eigenvalue weighted by molar-refractivity contribution is 5.94. The van der Waals surface area contributed by atoms with Gasteiger partial charge in [-0.1, -0.05) is 19.0 Å². The Hall–Kier alpha value is -2.64. The van der Waals surface area contributed by atoms with E-state index in [2.05, 4.69) is 15.1 Å². The monoisotopic (exact) mass is 318 g/mol. The molecule has 0 unspecified atom stereocenters. The molecule has 3 rings (SSSR count). The molecule has 0 aromatic carbocycles. The number of aliphatic carboxylic acids is 1. The van der Waals surface area contributed by atoms with Gasteiger partial charge in [0.15, 0.2) is 0 Å². The van der Waals surface area contributed by atoms with Crippen LogP contribution in [0.1, 0.15) is 41.5 Å². The highest BCUT2D eigenvalue weighted by Gasteiger charge is 2.37. The minimum atomic E-state index is -1.06. The second kappa shape index (κ2) is 5.86. The number of rotatable bonds is 4. The van der Waals surface area contributed by atoms with Crippen molar-refractivity contribution >= 4 is 11.9 Å². The third-order valence-corrected chi connectivity index (χ3v) is 3.83. The fourth-order valence-electron chi connectivity index (χ4n) is 2.74. The van der Waals surface area contributed by atoms with E-state index in [1.165, 1.54) is 11.2 Å².